The van der Waals surface area contributed by atoms with Crippen LogP contribution < -0.4 is 10.6 Å². The van der Waals surface area contributed by atoms with Gasteiger partial charge in [0.2, 0.25) is 23.6 Å². The third kappa shape index (κ3) is 5.88. The summed E-state index contributed by atoms with van der Waals surface area (Å²) in [4.78, 5) is 59.4. The van der Waals surface area contributed by atoms with E-state index in [1.165, 1.54) is 0 Å². The number of carbonyl (C=O) groups excluding carboxylic acids is 4. The number of nitrogens with one attached hydrogen (secondary N) is 2. The van der Waals surface area contributed by atoms with Gasteiger partial charge in [-0.1, -0.05) is 73.5 Å². The van der Waals surface area contributed by atoms with Gasteiger partial charge >= 0.3 is 0 Å². The van der Waals surface area contributed by atoms with Crippen molar-refractivity contribution in [2.45, 2.75) is 94.4 Å². The molecule has 3 saturated heterocycles. The Hall–Kier alpha value is -3.68. The van der Waals surface area contributed by atoms with Gasteiger partial charge in [0.25, 0.3) is 0 Å². The molecule has 0 bridgehead atoms. The quantitative estimate of drug-likeness (QED) is 0.605. The average molecular weight is 557 g/mol. The van der Waals surface area contributed by atoms with Crippen molar-refractivity contribution in [3.05, 3.63) is 71.8 Å². The second-order valence-electron chi connectivity index (χ2n) is 12.2. The van der Waals surface area contributed by atoms with Gasteiger partial charge in [0.05, 0.1) is 0 Å². The summed E-state index contributed by atoms with van der Waals surface area (Å²) in [7, 11) is 0. The molecule has 0 aromatic heterocycles. The van der Waals surface area contributed by atoms with Gasteiger partial charge in [-0.2, -0.15) is 0 Å². The Labute approximate surface area is 241 Å². The van der Waals surface area contributed by atoms with Crippen LogP contribution in [0.3, 0.4) is 0 Å². The van der Waals surface area contributed by atoms with Crippen LogP contribution in [0.2, 0.25) is 0 Å². The van der Waals surface area contributed by atoms with Crippen molar-refractivity contribution in [2.24, 2.45) is 5.92 Å². The molecule has 216 valence electrons. The molecule has 1 aliphatic carbocycles. The molecule has 6 rings (SSSR count). The summed E-state index contributed by atoms with van der Waals surface area (Å²) in [5.41, 5.74) is 1.96. The van der Waals surface area contributed by atoms with Crippen LogP contribution in [-0.2, 0) is 32.0 Å². The first-order valence-corrected chi connectivity index (χ1v) is 15.3. The Kier molecular flexibility index (Phi) is 8.08. The van der Waals surface area contributed by atoms with Crippen molar-refractivity contribution in [3.63, 3.8) is 0 Å². The first-order valence-electron chi connectivity index (χ1n) is 15.3. The van der Waals surface area contributed by atoms with E-state index < -0.39 is 24.2 Å². The molecule has 2 aromatic rings. The molecule has 2 aromatic carbocycles. The number of carbonyl (C=O) groups is 4. The van der Waals surface area contributed by atoms with Crippen LogP contribution in [0.5, 0.6) is 0 Å². The molecule has 1 saturated carbocycles. The fourth-order valence-electron chi connectivity index (χ4n) is 7.57. The normalized spacial score (nSPS) is 30.7. The summed E-state index contributed by atoms with van der Waals surface area (Å²) < 4.78 is 0. The van der Waals surface area contributed by atoms with Crippen molar-refractivity contribution in [1.29, 1.82) is 0 Å². The minimum absolute atomic E-state index is 0.0297. The van der Waals surface area contributed by atoms with Crippen molar-refractivity contribution in [3.8, 4) is 0 Å². The third-order valence-corrected chi connectivity index (χ3v) is 9.49. The van der Waals surface area contributed by atoms with E-state index in [1.54, 1.807) is 4.90 Å². The van der Waals surface area contributed by atoms with E-state index in [0.717, 1.165) is 43.2 Å². The van der Waals surface area contributed by atoms with Crippen molar-refractivity contribution in [1.82, 2.24) is 20.4 Å². The molecule has 6 atom stereocenters. The molecule has 2 N–H and O–H groups in total. The van der Waals surface area contributed by atoms with Gasteiger partial charge in [-0.15, -0.1) is 0 Å². The lowest BCUT2D eigenvalue weighted by molar-refractivity contribution is -0.149. The van der Waals surface area contributed by atoms with Gasteiger partial charge in [0, 0.05) is 31.5 Å². The van der Waals surface area contributed by atoms with Crippen LogP contribution in [0.15, 0.2) is 60.7 Å². The number of nitrogens with zero attached hydrogens (tertiary/aromatic N) is 2. The van der Waals surface area contributed by atoms with Gasteiger partial charge < -0.3 is 20.4 Å². The predicted molar refractivity (Wildman–Crippen MR) is 155 cm³/mol. The molecule has 4 fully saturated rings. The Bertz CT molecular complexity index is 1270. The standard InChI is InChI=1S/C33H40N4O4/c38-30-21-25(18-22-10-3-1-4-11-22)34-31(39)29-20-24-14-7-8-15-27(24)37(29)33(41)28-16-9-17-36(28)32(40)26(35-30)19-23-12-5-2-6-13-23/h1-6,10-13,24-29H,7-9,14-21H2,(H,34,39)(H,35,38). The van der Waals surface area contributed by atoms with Gasteiger partial charge in [0.15, 0.2) is 0 Å². The highest BCUT2D eigenvalue weighted by Gasteiger charge is 2.51. The summed E-state index contributed by atoms with van der Waals surface area (Å²) in [5, 5.41) is 6.18. The van der Waals surface area contributed by atoms with E-state index in [4.69, 9.17) is 0 Å². The Morgan fingerprint density at radius 1 is 0.707 bits per heavy atom. The first-order chi connectivity index (χ1) is 20.0. The molecule has 41 heavy (non-hydrogen) atoms. The maximum absolute atomic E-state index is 14.3. The van der Waals surface area contributed by atoms with E-state index in [-0.39, 0.29) is 36.1 Å². The minimum atomic E-state index is -0.788. The Morgan fingerprint density at radius 2 is 1.39 bits per heavy atom. The summed E-state index contributed by atoms with van der Waals surface area (Å²) in [6.45, 7) is 0.478. The molecule has 4 amide bonds. The molecule has 0 spiro atoms. The van der Waals surface area contributed by atoms with Crippen LogP contribution in [0.4, 0.5) is 0 Å². The second kappa shape index (κ2) is 12.0. The Morgan fingerprint density at radius 3 is 2.12 bits per heavy atom. The highest BCUT2D eigenvalue weighted by Crippen LogP contribution is 2.41. The van der Waals surface area contributed by atoms with Gasteiger partial charge in [0.1, 0.15) is 18.1 Å². The van der Waals surface area contributed by atoms with Crippen LogP contribution in [-0.4, -0.2) is 70.2 Å². The number of hydrogen-bond donors (Lipinski definition) is 2. The fourth-order valence-corrected chi connectivity index (χ4v) is 7.57. The predicted octanol–water partition coefficient (Wildman–Crippen LogP) is 3.00. The van der Waals surface area contributed by atoms with Crippen molar-refractivity contribution < 1.29 is 19.2 Å². The highest BCUT2D eigenvalue weighted by molar-refractivity contribution is 5.96. The Balaban J connectivity index is 1.36. The van der Waals surface area contributed by atoms with Crippen LogP contribution in [0, 0.1) is 5.92 Å². The smallest absolute Gasteiger partial charge is 0.246 e. The number of rotatable bonds is 4. The second-order valence-corrected chi connectivity index (χ2v) is 12.2. The number of benzene rings is 2. The zero-order valence-corrected chi connectivity index (χ0v) is 23.5. The van der Waals surface area contributed by atoms with Crippen LogP contribution in [0.25, 0.3) is 0 Å². The van der Waals surface area contributed by atoms with E-state index in [1.807, 2.05) is 65.6 Å². The number of hydrogen-bond acceptors (Lipinski definition) is 4. The largest absolute Gasteiger partial charge is 0.351 e. The summed E-state index contributed by atoms with van der Waals surface area (Å²) in [5.74, 6) is -0.485. The maximum atomic E-state index is 14.3. The van der Waals surface area contributed by atoms with E-state index in [0.29, 0.717) is 38.1 Å². The molecule has 3 aliphatic heterocycles. The van der Waals surface area contributed by atoms with Crippen LogP contribution in [0.1, 0.15) is 62.5 Å². The van der Waals surface area contributed by atoms with Crippen LogP contribution >= 0.6 is 0 Å². The number of amides is 4. The van der Waals surface area contributed by atoms with E-state index in [9.17, 15) is 19.2 Å². The molecule has 6 unspecified atom stereocenters. The van der Waals surface area contributed by atoms with Crippen molar-refractivity contribution >= 4 is 23.6 Å². The van der Waals surface area contributed by atoms with Gasteiger partial charge in [-0.05, 0) is 55.6 Å². The van der Waals surface area contributed by atoms with Gasteiger partial charge in [-0.3, -0.25) is 19.2 Å². The topological polar surface area (TPSA) is 98.8 Å². The molecule has 4 aliphatic rings. The van der Waals surface area contributed by atoms with E-state index in [2.05, 4.69) is 10.6 Å². The molecular formula is C33H40N4O4. The lowest BCUT2D eigenvalue weighted by Crippen LogP contribution is -2.57. The van der Waals surface area contributed by atoms with Crippen molar-refractivity contribution in [2.75, 3.05) is 6.54 Å². The monoisotopic (exact) mass is 556 g/mol. The molecule has 8 heteroatoms. The summed E-state index contributed by atoms with van der Waals surface area (Å²) in [6.07, 6.45) is 6.90. The molecule has 3 heterocycles. The van der Waals surface area contributed by atoms with Gasteiger partial charge in [-0.25, -0.2) is 0 Å². The summed E-state index contributed by atoms with van der Waals surface area (Å²) >= 11 is 0. The first kappa shape index (κ1) is 27.5. The molecular weight excluding hydrogens is 516 g/mol. The molecule has 8 nitrogen and oxygen atoms in total. The third-order valence-electron chi connectivity index (χ3n) is 9.49. The zero-order valence-electron chi connectivity index (χ0n) is 23.5. The maximum Gasteiger partial charge on any atom is 0.246 e. The lowest BCUT2D eigenvalue weighted by atomic mass is 9.84. The lowest BCUT2D eigenvalue weighted by Gasteiger charge is -2.37. The molecule has 0 radical (unpaired) electrons. The SMILES string of the molecule is O=C1CC(Cc2ccccc2)NC(=O)C2CC3CCCCC3N2C(=O)C2CCCN2C(=O)C(Cc2ccccc2)N1. The number of fused-ring (bicyclic) bond motifs is 4. The minimum Gasteiger partial charge on any atom is -0.351 e. The zero-order chi connectivity index (χ0) is 28.3. The summed E-state index contributed by atoms with van der Waals surface area (Å²) in [6, 6.07) is 17.1. The average Bonchev–Trinajstić information content (AvgIpc) is 3.62. The van der Waals surface area contributed by atoms with E-state index >= 15 is 0 Å². The fraction of sp³-hybridized carbons (Fsp3) is 0.515. The highest BCUT2D eigenvalue weighted by atomic mass is 16.2.